The van der Waals surface area contributed by atoms with Gasteiger partial charge in [-0.1, -0.05) is 0 Å². The second-order valence-corrected chi connectivity index (χ2v) is 5.47. The van der Waals surface area contributed by atoms with Gasteiger partial charge in [-0.05, 0) is 0 Å². The molecule has 3 rings (SSSR count). The fraction of sp³-hybridized carbons (Fsp3) is 0.222. The van der Waals surface area contributed by atoms with Crippen LogP contribution in [-0.4, -0.2) is 31.4 Å². The van der Waals surface area contributed by atoms with Gasteiger partial charge in [-0.3, -0.25) is 0 Å². The summed E-state index contributed by atoms with van der Waals surface area (Å²) in [6.45, 7) is 0.181. The van der Waals surface area contributed by atoms with Crippen molar-refractivity contribution in [3.05, 3.63) is 12.1 Å². The van der Waals surface area contributed by atoms with Crippen LogP contribution in [-0.2, 0) is 9.84 Å². The molecule has 0 radical (unpaired) electrons. The lowest BCUT2D eigenvalue weighted by atomic mass is 10.3. The standard InChI is InChI=1S/C9H8N2O4S/c1-16(12,13)9-10-5-2-7-8(15-4-14-7)3-6(5)11-9/h2-3H,4H2,1H3,(H,10,11). The number of nitrogens with zero attached hydrogens (tertiary/aromatic N) is 1. The summed E-state index contributed by atoms with van der Waals surface area (Å²) in [5.41, 5.74) is 1.16. The van der Waals surface area contributed by atoms with E-state index in [4.69, 9.17) is 9.47 Å². The summed E-state index contributed by atoms with van der Waals surface area (Å²) in [6.07, 6.45) is 1.10. The van der Waals surface area contributed by atoms with Gasteiger partial charge in [-0.15, -0.1) is 0 Å². The molecule has 0 spiro atoms. The van der Waals surface area contributed by atoms with E-state index in [1.165, 1.54) is 0 Å². The summed E-state index contributed by atoms with van der Waals surface area (Å²) in [5, 5.41) is -0.0498. The summed E-state index contributed by atoms with van der Waals surface area (Å²) in [4.78, 5) is 6.71. The molecule has 0 atom stereocenters. The molecule has 2 aromatic rings. The lowest BCUT2D eigenvalue weighted by Gasteiger charge is -1.93. The van der Waals surface area contributed by atoms with E-state index in [9.17, 15) is 8.42 Å². The van der Waals surface area contributed by atoms with Gasteiger partial charge in [0.15, 0.2) is 11.5 Å². The van der Waals surface area contributed by atoms with E-state index in [0.717, 1.165) is 6.26 Å². The topological polar surface area (TPSA) is 81.3 Å². The van der Waals surface area contributed by atoms with Crippen molar-refractivity contribution in [1.82, 2.24) is 9.97 Å². The first-order chi connectivity index (χ1) is 7.54. The van der Waals surface area contributed by atoms with Gasteiger partial charge < -0.3 is 14.5 Å². The Morgan fingerprint density at radius 1 is 1.31 bits per heavy atom. The number of sulfone groups is 1. The number of ether oxygens (including phenoxy) is 2. The van der Waals surface area contributed by atoms with Crippen molar-refractivity contribution in [3.8, 4) is 11.5 Å². The van der Waals surface area contributed by atoms with Crippen molar-refractivity contribution in [2.24, 2.45) is 0 Å². The van der Waals surface area contributed by atoms with E-state index in [-0.39, 0.29) is 11.9 Å². The number of imidazole rings is 1. The van der Waals surface area contributed by atoms with Gasteiger partial charge in [0.2, 0.25) is 21.8 Å². The maximum absolute atomic E-state index is 11.3. The quantitative estimate of drug-likeness (QED) is 0.793. The number of aromatic nitrogens is 2. The maximum atomic E-state index is 11.3. The third-order valence-electron chi connectivity index (χ3n) is 2.31. The van der Waals surface area contributed by atoms with Gasteiger partial charge in [0.05, 0.1) is 11.0 Å². The van der Waals surface area contributed by atoms with Crippen molar-refractivity contribution in [3.63, 3.8) is 0 Å². The van der Waals surface area contributed by atoms with Gasteiger partial charge >= 0.3 is 0 Å². The average molecular weight is 240 g/mol. The molecule has 2 heterocycles. The SMILES string of the molecule is CS(=O)(=O)c1nc2cc3c(cc2[nH]1)OCO3. The van der Waals surface area contributed by atoms with Crippen molar-refractivity contribution >= 4 is 20.9 Å². The minimum absolute atomic E-state index is 0.0498. The summed E-state index contributed by atoms with van der Waals surface area (Å²) in [6, 6.07) is 3.34. The Balaban J connectivity index is 2.27. The lowest BCUT2D eigenvalue weighted by molar-refractivity contribution is 0.174. The van der Waals surface area contributed by atoms with Gasteiger partial charge in [-0.2, -0.15) is 0 Å². The molecule has 1 aliphatic rings. The molecule has 1 N–H and O–H groups in total. The zero-order valence-corrected chi connectivity index (χ0v) is 9.17. The summed E-state index contributed by atoms with van der Waals surface area (Å²) < 4.78 is 33.0. The molecule has 84 valence electrons. The van der Waals surface area contributed by atoms with Crippen molar-refractivity contribution in [2.45, 2.75) is 5.16 Å². The molecule has 0 fully saturated rings. The number of nitrogens with one attached hydrogen (secondary N) is 1. The average Bonchev–Trinajstić information content (AvgIpc) is 2.75. The van der Waals surface area contributed by atoms with Crippen LogP contribution < -0.4 is 9.47 Å². The van der Waals surface area contributed by atoms with Crippen LogP contribution in [0.15, 0.2) is 17.3 Å². The van der Waals surface area contributed by atoms with E-state index in [2.05, 4.69) is 9.97 Å². The molecule has 1 aliphatic heterocycles. The number of H-pyrrole nitrogens is 1. The Hall–Kier alpha value is -1.76. The Labute approximate surface area is 91.1 Å². The Morgan fingerprint density at radius 2 is 2.00 bits per heavy atom. The number of benzene rings is 1. The normalized spacial score (nSPS) is 14.6. The molecular formula is C9H8N2O4S. The van der Waals surface area contributed by atoms with Crippen LogP contribution >= 0.6 is 0 Å². The van der Waals surface area contributed by atoms with Crippen LogP contribution in [0.3, 0.4) is 0 Å². The molecular weight excluding hydrogens is 232 g/mol. The van der Waals surface area contributed by atoms with Crippen LogP contribution in [0.4, 0.5) is 0 Å². The number of rotatable bonds is 1. The first-order valence-electron chi connectivity index (χ1n) is 4.53. The van der Waals surface area contributed by atoms with Crippen molar-refractivity contribution < 1.29 is 17.9 Å². The highest BCUT2D eigenvalue weighted by atomic mass is 32.2. The molecule has 16 heavy (non-hydrogen) atoms. The van der Waals surface area contributed by atoms with E-state index in [1.807, 2.05) is 0 Å². The second-order valence-electron chi connectivity index (χ2n) is 3.54. The predicted octanol–water partition coefficient (Wildman–Crippen LogP) is 0.695. The van der Waals surface area contributed by atoms with Crippen LogP contribution in [0.5, 0.6) is 11.5 Å². The maximum Gasteiger partial charge on any atom is 0.231 e. The highest BCUT2D eigenvalue weighted by Gasteiger charge is 2.18. The third kappa shape index (κ3) is 1.32. The third-order valence-corrected chi connectivity index (χ3v) is 3.20. The summed E-state index contributed by atoms with van der Waals surface area (Å²) >= 11 is 0. The zero-order chi connectivity index (χ0) is 11.3. The minimum atomic E-state index is -3.33. The number of hydrogen-bond acceptors (Lipinski definition) is 5. The Bertz CT molecular complexity index is 633. The summed E-state index contributed by atoms with van der Waals surface area (Å²) in [5.74, 6) is 1.18. The van der Waals surface area contributed by atoms with Crippen LogP contribution in [0.1, 0.15) is 0 Å². The van der Waals surface area contributed by atoms with E-state index < -0.39 is 9.84 Å². The number of hydrogen-bond donors (Lipinski definition) is 1. The molecule has 0 saturated carbocycles. The van der Waals surface area contributed by atoms with Crippen LogP contribution in [0, 0.1) is 0 Å². The minimum Gasteiger partial charge on any atom is -0.454 e. The van der Waals surface area contributed by atoms with Gasteiger partial charge in [0.25, 0.3) is 0 Å². The van der Waals surface area contributed by atoms with Crippen LogP contribution in [0.2, 0.25) is 0 Å². The van der Waals surface area contributed by atoms with Gasteiger partial charge in [0, 0.05) is 18.4 Å². The molecule has 0 amide bonds. The first-order valence-corrected chi connectivity index (χ1v) is 6.42. The smallest absolute Gasteiger partial charge is 0.231 e. The molecule has 0 unspecified atom stereocenters. The Morgan fingerprint density at radius 3 is 2.69 bits per heavy atom. The van der Waals surface area contributed by atoms with Gasteiger partial charge in [-0.25, -0.2) is 13.4 Å². The van der Waals surface area contributed by atoms with Crippen molar-refractivity contribution in [1.29, 1.82) is 0 Å². The number of fused-ring (bicyclic) bond motifs is 2. The lowest BCUT2D eigenvalue weighted by Crippen LogP contribution is -1.98. The molecule has 0 bridgehead atoms. The molecule has 6 nitrogen and oxygen atoms in total. The van der Waals surface area contributed by atoms with E-state index in [0.29, 0.717) is 22.5 Å². The number of aromatic amines is 1. The van der Waals surface area contributed by atoms with Crippen LogP contribution in [0.25, 0.3) is 11.0 Å². The molecule has 1 aromatic heterocycles. The largest absolute Gasteiger partial charge is 0.454 e. The van der Waals surface area contributed by atoms with Crippen molar-refractivity contribution in [2.75, 3.05) is 13.0 Å². The summed E-state index contributed by atoms with van der Waals surface area (Å²) in [7, 11) is -3.33. The van der Waals surface area contributed by atoms with E-state index in [1.54, 1.807) is 12.1 Å². The molecule has 0 aliphatic carbocycles. The fourth-order valence-electron chi connectivity index (χ4n) is 1.55. The van der Waals surface area contributed by atoms with Gasteiger partial charge in [0.1, 0.15) is 0 Å². The monoisotopic (exact) mass is 240 g/mol. The molecule has 0 saturated heterocycles. The zero-order valence-electron chi connectivity index (χ0n) is 8.35. The molecule has 7 heteroatoms. The Kier molecular flexibility index (Phi) is 1.70. The second kappa shape index (κ2) is 2.88. The fourth-order valence-corrected chi connectivity index (χ4v) is 2.11. The molecule has 1 aromatic carbocycles. The predicted molar refractivity (Wildman–Crippen MR) is 55.3 cm³/mol. The van der Waals surface area contributed by atoms with E-state index >= 15 is 0 Å². The highest BCUT2D eigenvalue weighted by Crippen LogP contribution is 2.35. The highest BCUT2D eigenvalue weighted by molar-refractivity contribution is 7.90. The first kappa shape index (κ1) is 9.46.